The largest absolute Gasteiger partial charge is 0.487 e. The first-order valence-corrected chi connectivity index (χ1v) is 6.96. The van der Waals surface area contributed by atoms with E-state index >= 15 is 0 Å². The molecule has 0 saturated heterocycles. The van der Waals surface area contributed by atoms with Crippen LogP contribution in [0.3, 0.4) is 0 Å². The number of carbonyl (C=O) groups is 1. The van der Waals surface area contributed by atoms with Crippen molar-refractivity contribution in [2.24, 2.45) is 0 Å². The Bertz CT molecular complexity index is 560. The quantitative estimate of drug-likeness (QED) is 0.781. The average molecular weight is 343 g/mol. The molecule has 2 rings (SSSR count). The third kappa shape index (κ3) is 4.00. The first kappa shape index (κ1) is 14.0. The summed E-state index contributed by atoms with van der Waals surface area (Å²) in [6.45, 7) is 0.357. The topological polar surface area (TPSA) is 61.3 Å². The molecule has 1 aromatic carbocycles. The van der Waals surface area contributed by atoms with Crippen molar-refractivity contribution < 1.29 is 14.3 Å². The zero-order chi connectivity index (χ0) is 13.7. The van der Waals surface area contributed by atoms with Crippen LogP contribution in [0.25, 0.3) is 0 Å². The van der Waals surface area contributed by atoms with Crippen molar-refractivity contribution in [3.63, 3.8) is 0 Å². The van der Waals surface area contributed by atoms with E-state index in [2.05, 4.69) is 29.4 Å². The van der Waals surface area contributed by atoms with E-state index in [0.29, 0.717) is 12.4 Å². The van der Waals surface area contributed by atoms with E-state index in [1.165, 1.54) is 7.11 Å². The molecular formula is C12H11BrN2O3S. The van der Waals surface area contributed by atoms with Crippen molar-refractivity contribution in [3.8, 4) is 5.75 Å². The predicted octanol–water partition coefficient (Wildman–Crippen LogP) is 2.60. The van der Waals surface area contributed by atoms with Crippen LogP contribution in [0, 0.1) is 0 Å². The SMILES string of the molecule is COC(=O)Cc1cc(OCc2cnsn2)ccc1Br. The lowest BCUT2D eigenvalue weighted by Crippen LogP contribution is -2.05. The van der Waals surface area contributed by atoms with Crippen LogP contribution in [0.2, 0.25) is 0 Å². The molecule has 0 spiro atoms. The first-order valence-electron chi connectivity index (χ1n) is 5.43. The number of benzene rings is 1. The van der Waals surface area contributed by atoms with Gasteiger partial charge in [0.05, 0.1) is 31.5 Å². The van der Waals surface area contributed by atoms with Gasteiger partial charge in [-0.3, -0.25) is 4.79 Å². The molecule has 0 atom stereocenters. The Labute approximate surface area is 123 Å². The van der Waals surface area contributed by atoms with Gasteiger partial charge in [-0.15, -0.1) is 0 Å². The molecule has 2 aromatic rings. The van der Waals surface area contributed by atoms with E-state index in [-0.39, 0.29) is 12.4 Å². The Balaban J connectivity index is 2.05. The molecule has 0 amide bonds. The van der Waals surface area contributed by atoms with Crippen LogP contribution in [0.15, 0.2) is 28.9 Å². The van der Waals surface area contributed by atoms with Crippen LogP contribution in [0.5, 0.6) is 5.75 Å². The zero-order valence-electron chi connectivity index (χ0n) is 10.1. The third-order valence-electron chi connectivity index (χ3n) is 2.37. The summed E-state index contributed by atoms with van der Waals surface area (Å²) in [4.78, 5) is 11.3. The molecule has 5 nitrogen and oxygen atoms in total. The molecule has 0 bridgehead atoms. The van der Waals surface area contributed by atoms with Gasteiger partial charge in [-0.2, -0.15) is 8.75 Å². The lowest BCUT2D eigenvalue weighted by molar-refractivity contribution is -0.139. The van der Waals surface area contributed by atoms with Gasteiger partial charge in [-0.1, -0.05) is 15.9 Å². The number of methoxy groups -OCH3 is 1. The summed E-state index contributed by atoms with van der Waals surface area (Å²) < 4.78 is 19.0. The number of hydrogen-bond donors (Lipinski definition) is 0. The Kier molecular flexibility index (Phi) is 4.86. The summed E-state index contributed by atoms with van der Waals surface area (Å²) in [6.07, 6.45) is 1.87. The molecule has 0 aliphatic rings. The number of nitrogens with zero attached hydrogens (tertiary/aromatic N) is 2. The normalized spacial score (nSPS) is 10.2. The number of esters is 1. The van der Waals surface area contributed by atoms with Crippen LogP contribution in [-0.4, -0.2) is 21.8 Å². The van der Waals surface area contributed by atoms with Crippen molar-refractivity contribution >= 4 is 33.6 Å². The van der Waals surface area contributed by atoms with E-state index in [9.17, 15) is 4.79 Å². The van der Waals surface area contributed by atoms with Gasteiger partial charge in [0.15, 0.2) is 0 Å². The minimum atomic E-state index is -0.290. The first-order chi connectivity index (χ1) is 9.19. The Hall–Kier alpha value is -1.47. The summed E-state index contributed by atoms with van der Waals surface area (Å²) in [5, 5.41) is 0. The van der Waals surface area contributed by atoms with Gasteiger partial charge in [0.2, 0.25) is 0 Å². The highest BCUT2D eigenvalue weighted by Gasteiger charge is 2.08. The summed E-state index contributed by atoms with van der Waals surface area (Å²) in [5.41, 5.74) is 1.60. The maximum atomic E-state index is 11.3. The second kappa shape index (κ2) is 6.63. The Morgan fingerprint density at radius 2 is 2.32 bits per heavy atom. The van der Waals surface area contributed by atoms with Crippen LogP contribution < -0.4 is 4.74 Å². The number of rotatable bonds is 5. The second-order valence-electron chi connectivity index (χ2n) is 3.69. The summed E-state index contributed by atoms with van der Waals surface area (Å²) >= 11 is 4.54. The minimum Gasteiger partial charge on any atom is -0.487 e. The zero-order valence-corrected chi connectivity index (χ0v) is 12.5. The van der Waals surface area contributed by atoms with E-state index in [1.807, 2.05) is 12.1 Å². The standard InChI is InChI=1S/C12H11BrN2O3S/c1-17-12(16)5-8-4-10(2-3-11(8)13)18-7-9-6-14-19-15-9/h2-4,6H,5,7H2,1H3. The van der Waals surface area contributed by atoms with Crippen molar-refractivity contribution in [1.82, 2.24) is 8.75 Å². The van der Waals surface area contributed by atoms with Crippen molar-refractivity contribution in [3.05, 3.63) is 40.1 Å². The molecule has 1 heterocycles. The summed E-state index contributed by atoms with van der Waals surface area (Å²) in [6, 6.07) is 5.47. The predicted molar refractivity (Wildman–Crippen MR) is 74.1 cm³/mol. The van der Waals surface area contributed by atoms with Gasteiger partial charge in [0.1, 0.15) is 18.1 Å². The molecule has 0 saturated carbocycles. The average Bonchev–Trinajstić information content (AvgIpc) is 2.92. The van der Waals surface area contributed by atoms with Crippen LogP contribution in [0.4, 0.5) is 0 Å². The van der Waals surface area contributed by atoms with E-state index in [4.69, 9.17) is 4.74 Å². The van der Waals surface area contributed by atoms with E-state index in [1.54, 1.807) is 12.3 Å². The fourth-order valence-electron chi connectivity index (χ4n) is 1.41. The molecule has 0 aliphatic carbocycles. The van der Waals surface area contributed by atoms with E-state index in [0.717, 1.165) is 27.5 Å². The van der Waals surface area contributed by atoms with Gasteiger partial charge >= 0.3 is 5.97 Å². The molecule has 1 aromatic heterocycles. The molecule has 0 fully saturated rings. The fourth-order valence-corrected chi connectivity index (χ4v) is 2.22. The fraction of sp³-hybridized carbons (Fsp3) is 0.250. The molecular weight excluding hydrogens is 332 g/mol. The van der Waals surface area contributed by atoms with Crippen molar-refractivity contribution in [2.75, 3.05) is 7.11 Å². The van der Waals surface area contributed by atoms with Gasteiger partial charge in [-0.05, 0) is 23.8 Å². The summed E-state index contributed by atoms with van der Waals surface area (Å²) in [5.74, 6) is 0.386. The lowest BCUT2D eigenvalue weighted by atomic mass is 10.1. The highest BCUT2D eigenvalue weighted by Crippen LogP contribution is 2.24. The highest BCUT2D eigenvalue weighted by molar-refractivity contribution is 9.10. The molecule has 0 aliphatic heterocycles. The Morgan fingerprint density at radius 1 is 1.47 bits per heavy atom. The smallest absolute Gasteiger partial charge is 0.310 e. The molecule has 0 N–H and O–H groups in total. The maximum Gasteiger partial charge on any atom is 0.310 e. The van der Waals surface area contributed by atoms with Crippen LogP contribution in [0.1, 0.15) is 11.3 Å². The summed E-state index contributed by atoms with van der Waals surface area (Å²) in [7, 11) is 1.37. The number of hydrogen-bond acceptors (Lipinski definition) is 6. The lowest BCUT2D eigenvalue weighted by Gasteiger charge is -2.08. The molecule has 7 heteroatoms. The van der Waals surface area contributed by atoms with Crippen molar-refractivity contribution in [1.29, 1.82) is 0 Å². The second-order valence-corrected chi connectivity index (χ2v) is 5.10. The highest BCUT2D eigenvalue weighted by atomic mass is 79.9. The maximum absolute atomic E-state index is 11.3. The molecule has 0 unspecified atom stereocenters. The third-order valence-corrected chi connectivity index (χ3v) is 3.66. The minimum absolute atomic E-state index is 0.201. The van der Waals surface area contributed by atoms with Gasteiger partial charge in [0.25, 0.3) is 0 Å². The number of carbonyl (C=O) groups excluding carboxylic acids is 1. The molecule has 100 valence electrons. The van der Waals surface area contributed by atoms with Gasteiger partial charge in [-0.25, -0.2) is 0 Å². The molecule has 0 radical (unpaired) electrons. The van der Waals surface area contributed by atoms with Crippen LogP contribution in [-0.2, 0) is 22.6 Å². The number of aromatic nitrogens is 2. The van der Waals surface area contributed by atoms with E-state index < -0.39 is 0 Å². The Morgan fingerprint density at radius 3 is 3.00 bits per heavy atom. The number of halogens is 1. The number of ether oxygens (including phenoxy) is 2. The van der Waals surface area contributed by atoms with Crippen LogP contribution >= 0.6 is 27.7 Å². The van der Waals surface area contributed by atoms with Gasteiger partial charge in [0, 0.05) is 4.47 Å². The monoisotopic (exact) mass is 342 g/mol. The molecule has 19 heavy (non-hydrogen) atoms. The van der Waals surface area contributed by atoms with Gasteiger partial charge < -0.3 is 9.47 Å². The van der Waals surface area contributed by atoms with Crippen molar-refractivity contribution in [2.45, 2.75) is 13.0 Å².